The highest BCUT2D eigenvalue weighted by Gasteiger charge is 2.20. The summed E-state index contributed by atoms with van der Waals surface area (Å²) in [6.45, 7) is 11.2. The molecule has 39 heavy (non-hydrogen) atoms. The zero-order valence-corrected chi connectivity index (χ0v) is 26.3. The van der Waals surface area contributed by atoms with Gasteiger partial charge in [0.25, 0.3) is 0 Å². The van der Waals surface area contributed by atoms with Gasteiger partial charge in [0, 0.05) is 10.0 Å². The molecule has 2 N–H and O–H groups in total. The van der Waals surface area contributed by atoms with Crippen LogP contribution in [0.25, 0.3) is 0 Å². The SMILES string of the molecule is CC(C)(C)OC(=O)NCCOc1c(Cl)cc(Cl)cc1Sc1cc(Cl)cc(Cl)c1OCCNC(=O)OC(C)(C)C. The molecule has 0 heterocycles. The summed E-state index contributed by atoms with van der Waals surface area (Å²) in [4.78, 5) is 24.9. The first kappa shape index (κ1) is 33.3. The normalized spacial score (nSPS) is 11.5. The van der Waals surface area contributed by atoms with Gasteiger partial charge in [-0.2, -0.15) is 0 Å². The standard InChI is InChI=1S/C26H32Cl4N2O6S/c1-25(2,3)37-23(33)31-7-9-35-21-17(29)11-15(27)13-19(21)39-20-14-16(28)12-18(30)22(20)36-10-8-32-24(34)38-26(4,5)6/h11-14H,7-10H2,1-6H3,(H,31,33)(H,32,34). The third-order valence-corrected chi connectivity index (χ3v) is 6.25. The van der Waals surface area contributed by atoms with Crippen LogP contribution in [0, 0.1) is 0 Å². The highest BCUT2D eigenvalue weighted by molar-refractivity contribution is 7.99. The number of carbonyl (C=O) groups excluding carboxylic acids is 2. The number of hydrogen-bond acceptors (Lipinski definition) is 7. The fraction of sp³-hybridized carbons (Fsp3) is 0.462. The van der Waals surface area contributed by atoms with E-state index in [0.29, 0.717) is 31.3 Å². The summed E-state index contributed by atoms with van der Waals surface area (Å²) in [6.07, 6.45) is -1.11. The zero-order valence-electron chi connectivity index (χ0n) is 22.5. The smallest absolute Gasteiger partial charge is 0.407 e. The van der Waals surface area contributed by atoms with Crippen molar-refractivity contribution in [2.75, 3.05) is 26.3 Å². The average Bonchev–Trinajstić information content (AvgIpc) is 2.74. The second-order valence-electron chi connectivity index (χ2n) is 10.1. The Kier molecular flexibility index (Phi) is 12.5. The molecule has 0 bridgehead atoms. The number of alkyl carbamates (subject to hydrolysis) is 2. The molecular weight excluding hydrogens is 610 g/mol. The molecule has 0 aromatic heterocycles. The molecule has 2 aromatic carbocycles. The molecular formula is C26H32Cl4N2O6S. The number of halogens is 4. The quantitative estimate of drug-likeness (QED) is 0.252. The van der Waals surface area contributed by atoms with E-state index in [1.165, 1.54) is 11.8 Å². The Morgan fingerprint density at radius 2 is 1.05 bits per heavy atom. The molecule has 0 saturated carbocycles. The Labute approximate surface area is 253 Å². The van der Waals surface area contributed by atoms with Gasteiger partial charge in [0.2, 0.25) is 0 Å². The Bertz CT molecular complexity index is 1080. The van der Waals surface area contributed by atoms with Crippen molar-refractivity contribution in [1.82, 2.24) is 10.6 Å². The van der Waals surface area contributed by atoms with Crippen LogP contribution in [0.3, 0.4) is 0 Å². The molecule has 0 aliphatic carbocycles. The maximum absolute atomic E-state index is 11.9. The van der Waals surface area contributed by atoms with E-state index >= 15 is 0 Å². The fourth-order valence-electron chi connectivity index (χ4n) is 2.86. The first-order chi connectivity index (χ1) is 18.0. The lowest BCUT2D eigenvalue weighted by atomic mass is 10.2. The van der Waals surface area contributed by atoms with E-state index in [1.54, 1.807) is 65.8 Å². The molecule has 0 unspecified atom stereocenters. The number of ether oxygens (including phenoxy) is 4. The molecule has 0 spiro atoms. The van der Waals surface area contributed by atoms with Gasteiger partial charge in [0.1, 0.15) is 24.4 Å². The summed E-state index contributed by atoms with van der Waals surface area (Å²) < 4.78 is 22.2. The van der Waals surface area contributed by atoms with Gasteiger partial charge in [-0.05, 0) is 65.8 Å². The van der Waals surface area contributed by atoms with Gasteiger partial charge < -0.3 is 29.6 Å². The molecule has 0 aliphatic rings. The lowest BCUT2D eigenvalue weighted by molar-refractivity contribution is 0.0509. The molecule has 2 aromatic rings. The summed E-state index contributed by atoms with van der Waals surface area (Å²) in [5.74, 6) is 0.705. The van der Waals surface area contributed by atoms with Crippen molar-refractivity contribution in [3.8, 4) is 11.5 Å². The zero-order chi connectivity index (χ0) is 29.4. The summed E-state index contributed by atoms with van der Waals surface area (Å²) in [5.41, 5.74) is -1.23. The molecule has 0 saturated heterocycles. The van der Waals surface area contributed by atoms with Gasteiger partial charge in [-0.25, -0.2) is 9.59 Å². The molecule has 0 radical (unpaired) electrons. The minimum atomic E-state index is -0.613. The Balaban J connectivity index is 2.13. The molecule has 2 rings (SSSR count). The number of carbonyl (C=O) groups is 2. The molecule has 0 atom stereocenters. The lowest BCUT2D eigenvalue weighted by Gasteiger charge is -2.20. The van der Waals surface area contributed by atoms with Crippen LogP contribution >= 0.6 is 58.2 Å². The van der Waals surface area contributed by atoms with Crippen LogP contribution < -0.4 is 20.1 Å². The van der Waals surface area contributed by atoms with Crippen LogP contribution in [-0.4, -0.2) is 49.7 Å². The number of rotatable bonds is 10. The van der Waals surface area contributed by atoms with E-state index in [-0.39, 0.29) is 36.3 Å². The fourth-order valence-corrected chi connectivity index (χ4v) is 5.33. The second kappa shape index (κ2) is 14.6. The Morgan fingerprint density at radius 1 is 0.692 bits per heavy atom. The Morgan fingerprint density at radius 3 is 1.38 bits per heavy atom. The average molecular weight is 642 g/mol. The van der Waals surface area contributed by atoms with Gasteiger partial charge >= 0.3 is 12.2 Å². The monoisotopic (exact) mass is 640 g/mol. The van der Waals surface area contributed by atoms with Crippen LogP contribution in [-0.2, 0) is 9.47 Å². The predicted octanol–water partition coefficient (Wildman–Crippen LogP) is 8.26. The van der Waals surface area contributed by atoms with Crippen LogP contribution in [0.5, 0.6) is 11.5 Å². The Hall–Kier alpha value is -1.91. The molecule has 216 valence electrons. The third kappa shape index (κ3) is 12.4. The number of amides is 2. The van der Waals surface area contributed by atoms with Crippen LogP contribution in [0.4, 0.5) is 9.59 Å². The molecule has 0 aliphatic heterocycles. The summed E-state index contributed by atoms with van der Waals surface area (Å²) in [7, 11) is 0. The topological polar surface area (TPSA) is 95.1 Å². The number of hydrogen-bond donors (Lipinski definition) is 2. The van der Waals surface area contributed by atoms with Crippen molar-refractivity contribution in [2.45, 2.75) is 62.5 Å². The number of benzene rings is 2. The highest BCUT2D eigenvalue weighted by atomic mass is 35.5. The second-order valence-corrected chi connectivity index (χ2v) is 12.9. The lowest BCUT2D eigenvalue weighted by Crippen LogP contribution is -2.34. The van der Waals surface area contributed by atoms with Gasteiger partial charge in [0.05, 0.1) is 32.9 Å². The number of nitrogens with one attached hydrogen (secondary N) is 2. The van der Waals surface area contributed by atoms with Gasteiger partial charge in [-0.1, -0.05) is 58.2 Å². The summed E-state index contributed by atoms with van der Waals surface area (Å²) >= 11 is 26.6. The minimum absolute atomic E-state index is 0.115. The largest absolute Gasteiger partial charge is 0.489 e. The first-order valence-electron chi connectivity index (χ1n) is 11.9. The first-order valence-corrected chi connectivity index (χ1v) is 14.2. The van der Waals surface area contributed by atoms with Gasteiger partial charge in [0.15, 0.2) is 11.5 Å². The van der Waals surface area contributed by atoms with Gasteiger partial charge in [-0.15, -0.1) is 0 Å². The van der Waals surface area contributed by atoms with Crippen molar-refractivity contribution < 1.29 is 28.5 Å². The molecule has 0 fully saturated rings. The summed E-state index contributed by atoms with van der Waals surface area (Å²) in [5, 5.41) is 6.58. The van der Waals surface area contributed by atoms with Crippen molar-refractivity contribution in [3.63, 3.8) is 0 Å². The third-order valence-electron chi connectivity index (χ3n) is 4.20. The summed E-state index contributed by atoms with van der Waals surface area (Å²) in [6, 6.07) is 6.46. The van der Waals surface area contributed by atoms with Crippen molar-refractivity contribution in [1.29, 1.82) is 0 Å². The molecule has 2 amide bonds. The van der Waals surface area contributed by atoms with Crippen LogP contribution in [0.15, 0.2) is 34.1 Å². The highest BCUT2D eigenvalue weighted by Crippen LogP contribution is 2.47. The van der Waals surface area contributed by atoms with Gasteiger partial charge in [-0.3, -0.25) is 0 Å². The minimum Gasteiger partial charge on any atom is -0.489 e. The van der Waals surface area contributed by atoms with E-state index in [4.69, 9.17) is 65.4 Å². The van der Waals surface area contributed by atoms with E-state index in [9.17, 15) is 9.59 Å². The van der Waals surface area contributed by atoms with Crippen molar-refractivity contribution >= 4 is 70.4 Å². The van der Waals surface area contributed by atoms with E-state index in [1.807, 2.05) is 0 Å². The maximum Gasteiger partial charge on any atom is 0.407 e. The van der Waals surface area contributed by atoms with E-state index in [0.717, 1.165) is 0 Å². The molecule has 13 heteroatoms. The predicted molar refractivity (Wildman–Crippen MR) is 157 cm³/mol. The maximum atomic E-state index is 11.9. The van der Waals surface area contributed by atoms with Crippen LogP contribution in [0.1, 0.15) is 41.5 Å². The van der Waals surface area contributed by atoms with Crippen molar-refractivity contribution in [2.24, 2.45) is 0 Å². The van der Waals surface area contributed by atoms with Crippen molar-refractivity contribution in [3.05, 3.63) is 44.4 Å². The van der Waals surface area contributed by atoms with E-state index < -0.39 is 23.4 Å². The van der Waals surface area contributed by atoms with Crippen LogP contribution in [0.2, 0.25) is 20.1 Å². The molecule has 8 nitrogen and oxygen atoms in total. The van der Waals surface area contributed by atoms with E-state index in [2.05, 4.69) is 10.6 Å².